The Morgan fingerprint density at radius 2 is 2.27 bits per heavy atom. The van der Waals surface area contributed by atoms with Crippen molar-refractivity contribution < 1.29 is 14.8 Å². The predicted molar refractivity (Wildman–Crippen MR) is 52.3 cm³/mol. The van der Waals surface area contributed by atoms with Gasteiger partial charge in [-0.05, 0) is 6.07 Å². The fourth-order valence-electron chi connectivity index (χ4n) is 1.84. The Morgan fingerprint density at radius 1 is 1.53 bits per heavy atom. The molecule has 0 amide bonds. The highest BCUT2D eigenvalue weighted by Gasteiger charge is 2.29. The van der Waals surface area contributed by atoms with Gasteiger partial charge < -0.3 is 9.84 Å². The molecule has 1 aromatic rings. The molecule has 0 spiro atoms. The van der Waals surface area contributed by atoms with Crippen molar-refractivity contribution in [2.24, 2.45) is 0 Å². The number of aliphatic hydroxyl groups is 1. The number of hydrogen-bond donors (Lipinski definition) is 1. The summed E-state index contributed by atoms with van der Waals surface area (Å²) < 4.78 is 5.18. The van der Waals surface area contributed by atoms with Gasteiger partial charge in [0.15, 0.2) is 6.29 Å². The van der Waals surface area contributed by atoms with Crippen LogP contribution in [-0.4, -0.2) is 22.9 Å². The van der Waals surface area contributed by atoms with Crippen LogP contribution in [0.5, 0.6) is 5.75 Å². The zero-order valence-corrected chi connectivity index (χ0v) is 8.00. The van der Waals surface area contributed by atoms with E-state index in [1.807, 2.05) is 6.07 Å². The van der Waals surface area contributed by atoms with E-state index in [-0.39, 0.29) is 23.8 Å². The number of nitro groups is 1. The third kappa shape index (κ3) is 2.07. The number of benzene rings is 1. The number of nitrogens with zero attached hydrogens (tertiary/aromatic N) is 1. The van der Waals surface area contributed by atoms with Gasteiger partial charge in [0.05, 0.1) is 5.92 Å². The molecular weight excluding hydrogens is 198 g/mol. The molecule has 2 rings (SSSR count). The fourth-order valence-corrected chi connectivity index (χ4v) is 1.84. The standard InChI is InChI=1S/C10H11NO4/c12-10-5-7(6-11(13)14)8-3-1-2-4-9(8)15-10/h1-4,7,10,12H,5-6H2/t7-,10-/m0/s1. The summed E-state index contributed by atoms with van der Waals surface area (Å²) in [6.07, 6.45) is -0.664. The molecule has 2 atom stereocenters. The lowest BCUT2D eigenvalue weighted by Gasteiger charge is -2.26. The zero-order valence-electron chi connectivity index (χ0n) is 8.00. The van der Waals surface area contributed by atoms with Crippen molar-refractivity contribution in [3.05, 3.63) is 39.9 Å². The molecule has 0 aromatic heterocycles. The highest BCUT2D eigenvalue weighted by Crippen LogP contribution is 2.35. The van der Waals surface area contributed by atoms with Gasteiger partial charge in [-0.15, -0.1) is 0 Å². The van der Waals surface area contributed by atoms with Crippen molar-refractivity contribution in [3.63, 3.8) is 0 Å². The molecule has 0 saturated heterocycles. The first-order chi connectivity index (χ1) is 7.16. The summed E-state index contributed by atoms with van der Waals surface area (Å²) >= 11 is 0. The monoisotopic (exact) mass is 209 g/mol. The first-order valence-electron chi connectivity index (χ1n) is 4.72. The third-order valence-corrected chi connectivity index (χ3v) is 2.48. The lowest BCUT2D eigenvalue weighted by molar-refractivity contribution is -0.484. The number of para-hydroxylation sites is 1. The van der Waals surface area contributed by atoms with E-state index in [0.717, 1.165) is 5.56 Å². The van der Waals surface area contributed by atoms with E-state index in [0.29, 0.717) is 5.75 Å². The van der Waals surface area contributed by atoms with E-state index in [1.54, 1.807) is 18.2 Å². The van der Waals surface area contributed by atoms with Gasteiger partial charge in [-0.25, -0.2) is 0 Å². The molecule has 80 valence electrons. The molecule has 1 heterocycles. The van der Waals surface area contributed by atoms with E-state index in [4.69, 9.17) is 4.74 Å². The first-order valence-corrected chi connectivity index (χ1v) is 4.72. The fraction of sp³-hybridized carbons (Fsp3) is 0.400. The molecule has 1 aliphatic rings. The van der Waals surface area contributed by atoms with Crippen LogP contribution in [0.25, 0.3) is 0 Å². The Bertz CT molecular complexity index is 379. The molecule has 0 bridgehead atoms. The van der Waals surface area contributed by atoms with Crippen LogP contribution in [0.4, 0.5) is 0 Å². The van der Waals surface area contributed by atoms with Gasteiger partial charge in [0.2, 0.25) is 6.54 Å². The molecule has 0 unspecified atom stereocenters. The lowest BCUT2D eigenvalue weighted by Crippen LogP contribution is -2.28. The second-order valence-electron chi connectivity index (χ2n) is 3.56. The summed E-state index contributed by atoms with van der Waals surface area (Å²) in [7, 11) is 0. The van der Waals surface area contributed by atoms with Gasteiger partial charge >= 0.3 is 0 Å². The largest absolute Gasteiger partial charge is 0.465 e. The van der Waals surface area contributed by atoms with Gasteiger partial charge in [0.25, 0.3) is 0 Å². The Labute approximate surface area is 86.4 Å². The van der Waals surface area contributed by atoms with E-state index in [1.165, 1.54) is 0 Å². The molecule has 1 aromatic carbocycles. The van der Waals surface area contributed by atoms with Crippen LogP contribution in [0, 0.1) is 10.1 Å². The average Bonchev–Trinajstić information content (AvgIpc) is 2.16. The number of ether oxygens (including phenoxy) is 1. The molecule has 0 radical (unpaired) electrons. The van der Waals surface area contributed by atoms with Gasteiger partial charge in [-0.2, -0.15) is 0 Å². The summed E-state index contributed by atoms with van der Waals surface area (Å²) in [5.74, 6) is 0.281. The zero-order chi connectivity index (χ0) is 10.8. The maximum absolute atomic E-state index is 10.5. The maximum atomic E-state index is 10.5. The summed E-state index contributed by atoms with van der Waals surface area (Å²) in [5, 5.41) is 19.9. The Balaban J connectivity index is 2.29. The molecule has 0 saturated carbocycles. The summed E-state index contributed by atoms with van der Waals surface area (Å²) in [6.45, 7) is -0.169. The minimum absolute atomic E-state index is 0.169. The lowest BCUT2D eigenvalue weighted by atomic mass is 9.92. The molecular formula is C10H11NO4. The van der Waals surface area contributed by atoms with Crippen LogP contribution < -0.4 is 4.74 Å². The number of aliphatic hydroxyl groups excluding tert-OH is 1. The van der Waals surface area contributed by atoms with Crippen molar-refractivity contribution in [1.82, 2.24) is 0 Å². The Morgan fingerprint density at radius 3 is 3.00 bits per heavy atom. The Hall–Kier alpha value is -1.62. The normalized spacial score (nSPS) is 24.1. The third-order valence-electron chi connectivity index (χ3n) is 2.48. The number of fused-ring (bicyclic) bond motifs is 1. The molecule has 1 N–H and O–H groups in total. The Kier molecular flexibility index (Phi) is 2.55. The summed E-state index contributed by atoms with van der Waals surface area (Å²) in [5.41, 5.74) is 0.805. The molecule has 1 aliphatic heterocycles. The van der Waals surface area contributed by atoms with E-state index in [2.05, 4.69) is 0 Å². The topological polar surface area (TPSA) is 72.6 Å². The highest BCUT2D eigenvalue weighted by molar-refractivity contribution is 5.37. The predicted octanol–water partition coefficient (Wildman–Crippen LogP) is 1.15. The second-order valence-corrected chi connectivity index (χ2v) is 3.56. The van der Waals surface area contributed by atoms with Gasteiger partial charge in [-0.1, -0.05) is 18.2 Å². The molecule has 5 heteroatoms. The van der Waals surface area contributed by atoms with Crippen molar-refractivity contribution in [2.75, 3.05) is 6.54 Å². The van der Waals surface area contributed by atoms with E-state index < -0.39 is 6.29 Å². The molecule has 5 nitrogen and oxygen atoms in total. The minimum Gasteiger partial charge on any atom is -0.465 e. The quantitative estimate of drug-likeness (QED) is 0.585. The van der Waals surface area contributed by atoms with Crippen molar-refractivity contribution in [3.8, 4) is 5.75 Å². The van der Waals surface area contributed by atoms with E-state index >= 15 is 0 Å². The minimum atomic E-state index is -0.940. The van der Waals surface area contributed by atoms with Gasteiger partial charge in [-0.3, -0.25) is 10.1 Å². The van der Waals surface area contributed by atoms with Crippen molar-refractivity contribution >= 4 is 0 Å². The smallest absolute Gasteiger partial charge is 0.211 e. The molecule has 0 aliphatic carbocycles. The molecule has 15 heavy (non-hydrogen) atoms. The maximum Gasteiger partial charge on any atom is 0.211 e. The summed E-state index contributed by atoms with van der Waals surface area (Å²) in [6, 6.07) is 7.10. The van der Waals surface area contributed by atoms with Crippen LogP contribution in [0.2, 0.25) is 0 Å². The SMILES string of the molecule is O=[N+]([O-])C[C@@H]1C[C@@H](O)Oc2ccccc21. The van der Waals surface area contributed by atoms with Crippen LogP contribution in [-0.2, 0) is 0 Å². The van der Waals surface area contributed by atoms with Gasteiger partial charge in [0, 0.05) is 16.9 Å². The van der Waals surface area contributed by atoms with Crippen LogP contribution >= 0.6 is 0 Å². The van der Waals surface area contributed by atoms with E-state index in [9.17, 15) is 15.2 Å². The van der Waals surface area contributed by atoms with Crippen molar-refractivity contribution in [1.29, 1.82) is 0 Å². The van der Waals surface area contributed by atoms with Crippen LogP contribution in [0.1, 0.15) is 17.9 Å². The average molecular weight is 209 g/mol. The molecule has 0 fully saturated rings. The van der Waals surface area contributed by atoms with Crippen LogP contribution in [0.15, 0.2) is 24.3 Å². The second kappa shape index (κ2) is 3.86. The number of rotatable bonds is 2. The summed E-state index contributed by atoms with van der Waals surface area (Å²) in [4.78, 5) is 10.1. The highest BCUT2D eigenvalue weighted by atomic mass is 16.6. The van der Waals surface area contributed by atoms with Crippen molar-refractivity contribution in [2.45, 2.75) is 18.6 Å². The number of hydrogen-bond acceptors (Lipinski definition) is 4. The van der Waals surface area contributed by atoms with Gasteiger partial charge in [0.1, 0.15) is 5.75 Å². The first kappa shape index (κ1) is 9.92. The van der Waals surface area contributed by atoms with Crippen LogP contribution in [0.3, 0.4) is 0 Å².